The molecule has 1 aliphatic rings. The summed E-state index contributed by atoms with van der Waals surface area (Å²) < 4.78 is 0. The molecule has 0 spiro atoms. The molecule has 10 heavy (non-hydrogen) atoms. The first-order chi connectivity index (χ1) is 4.48. The summed E-state index contributed by atoms with van der Waals surface area (Å²) in [6.07, 6.45) is 1.30. The first-order valence-corrected chi connectivity index (χ1v) is 4.27. The minimum absolute atomic E-state index is 0.389. The normalized spacial score (nSPS) is 39.9. The fourth-order valence-electron chi connectivity index (χ4n) is 2.06. The molecule has 3 atom stereocenters. The van der Waals surface area contributed by atoms with Crippen molar-refractivity contribution in [3.8, 4) is 0 Å². The molecule has 1 unspecified atom stereocenters. The van der Waals surface area contributed by atoms with Gasteiger partial charge in [0.1, 0.15) is 0 Å². The van der Waals surface area contributed by atoms with Gasteiger partial charge in [-0.3, -0.25) is 4.90 Å². The monoisotopic (exact) mass is 141 g/mol. The SMILES string of the molecule is CC[C@@H]1[C@@H](C)N1C(C)(C)C. The number of rotatable bonds is 1. The minimum atomic E-state index is 0.389. The van der Waals surface area contributed by atoms with Gasteiger partial charge in [-0.1, -0.05) is 6.92 Å². The van der Waals surface area contributed by atoms with Crippen molar-refractivity contribution in [2.75, 3.05) is 0 Å². The van der Waals surface area contributed by atoms with Gasteiger partial charge in [-0.05, 0) is 34.1 Å². The van der Waals surface area contributed by atoms with E-state index >= 15 is 0 Å². The second kappa shape index (κ2) is 2.23. The maximum atomic E-state index is 2.58. The van der Waals surface area contributed by atoms with Gasteiger partial charge in [0, 0.05) is 17.6 Å². The predicted octanol–water partition coefficient (Wildman–Crippen LogP) is 2.27. The zero-order chi connectivity index (χ0) is 7.94. The van der Waals surface area contributed by atoms with Gasteiger partial charge in [0.25, 0.3) is 0 Å². The third-order valence-corrected chi connectivity index (χ3v) is 2.46. The van der Waals surface area contributed by atoms with E-state index in [1.165, 1.54) is 6.42 Å². The smallest absolute Gasteiger partial charge is 0.0255 e. The molecule has 1 heterocycles. The molecule has 0 N–H and O–H groups in total. The number of nitrogens with zero attached hydrogens (tertiary/aromatic N) is 1. The number of hydrogen-bond donors (Lipinski definition) is 0. The van der Waals surface area contributed by atoms with Gasteiger partial charge in [-0.25, -0.2) is 0 Å². The Morgan fingerprint density at radius 1 is 1.30 bits per heavy atom. The highest BCUT2D eigenvalue weighted by molar-refractivity contribution is 5.04. The maximum absolute atomic E-state index is 2.58. The topological polar surface area (TPSA) is 3.01 Å². The van der Waals surface area contributed by atoms with Gasteiger partial charge in [0.2, 0.25) is 0 Å². The molecule has 0 bridgehead atoms. The fourth-order valence-corrected chi connectivity index (χ4v) is 2.06. The predicted molar refractivity (Wildman–Crippen MR) is 45.1 cm³/mol. The van der Waals surface area contributed by atoms with Gasteiger partial charge < -0.3 is 0 Å². The molecule has 0 aromatic rings. The fraction of sp³-hybridized carbons (Fsp3) is 1.00. The first-order valence-electron chi connectivity index (χ1n) is 4.27. The van der Waals surface area contributed by atoms with Gasteiger partial charge >= 0.3 is 0 Å². The van der Waals surface area contributed by atoms with Crippen LogP contribution in [-0.2, 0) is 0 Å². The van der Waals surface area contributed by atoms with Crippen molar-refractivity contribution >= 4 is 0 Å². The molecule has 1 rings (SSSR count). The molecule has 0 aromatic carbocycles. The Bertz CT molecular complexity index is 123. The molecule has 0 amide bonds. The van der Waals surface area contributed by atoms with E-state index in [1.54, 1.807) is 0 Å². The van der Waals surface area contributed by atoms with Crippen molar-refractivity contribution < 1.29 is 0 Å². The average molecular weight is 141 g/mol. The highest BCUT2D eigenvalue weighted by Gasteiger charge is 2.48. The van der Waals surface area contributed by atoms with Crippen molar-refractivity contribution in [1.82, 2.24) is 4.90 Å². The standard InChI is InChI=1S/C9H19N/c1-6-8-7(2)10(8)9(3,4)5/h7-8H,6H2,1-5H3/t7-,8-,10?/m1/s1. The zero-order valence-corrected chi connectivity index (χ0v) is 7.81. The van der Waals surface area contributed by atoms with E-state index in [-0.39, 0.29) is 0 Å². The lowest BCUT2D eigenvalue weighted by molar-refractivity contribution is 0.270. The Morgan fingerprint density at radius 2 is 1.80 bits per heavy atom. The third kappa shape index (κ3) is 1.20. The Morgan fingerprint density at radius 3 is 1.90 bits per heavy atom. The van der Waals surface area contributed by atoms with Crippen molar-refractivity contribution in [2.24, 2.45) is 0 Å². The Labute approximate surface area is 64.4 Å². The molecule has 60 valence electrons. The Kier molecular flexibility index (Phi) is 1.80. The van der Waals surface area contributed by atoms with Crippen LogP contribution >= 0.6 is 0 Å². The van der Waals surface area contributed by atoms with Crippen LogP contribution < -0.4 is 0 Å². The summed E-state index contributed by atoms with van der Waals surface area (Å²) in [6.45, 7) is 11.5. The minimum Gasteiger partial charge on any atom is -0.290 e. The Hall–Kier alpha value is -0.0400. The second-order valence-electron chi connectivity index (χ2n) is 4.29. The van der Waals surface area contributed by atoms with E-state index in [2.05, 4.69) is 39.5 Å². The average Bonchev–Trinajstić information content (AvgIpc) is 2.39. The summed E-state index contributed by atoms with van der Waals surface area (Å²) in [4.78, 5) is 2.58. The number of hydrogen-bond acceptors (Lipinski definition) is 1. The quantitative estimate of drug-likeness (QED) is 0.506. The molecular weight excluding hydrogens is 122 g/mol. The summed E-state index contributed by atoms with van der Waals surface area (Å²) in [5.74, 6) is 0. The molecule has 1 nitrogen and oxygen atoms in total. The third-order valence-electron chi connectivity index (χ3n) is 2.46. The van der Waals surface area contributed by atoms with Gasteiger partial charge in [0.05, 0.1) is 0 Å². The van der Waals surface area contributed by atoms with Crippen molar-refractivity contribution in [2.45, 2.75) is 58.7 Å². The summed E-state index contributed by atoms with van der Waals surface area (Å²) >= 11 is 0. The van der Waals surface area contributed by atoms with Crippen LogP contribution in [0.25, 0.3) is 0 Å². The lowest BCUT2D eigenvalue weighted by Gasteiger charge is -2.21. The molecule has 0 aromatic heterocycles. The van der Waals surface area contributed by atoms with Crippen molar-refractivity contribution in [1.29, 1.82) is 0 Å². The second-order valence-corrected chi connectivity index (χ2v) is 4.29. The summed E-state index contributed by atoms with van der Waals surface area (Å²) in [7, 11) is 0. The lowest BCUT2D eigenvalue weighted by atomic mass is 10.1. The molecular formula is C9H19N. The van der Waals surface area contributed by atoms with E-state index in [4.69, 9.17) is 0 Å². The van der Waals surface area contributed by atoms with Gasteiger partial charge in [0.15, 0.2) is 0 Å². The summed E-state index contributed by atoms with van der Waals surface area (Å²) in [6, 6.07) is 1.69. The maximum Gasteiger partial charge on any atom is 0.0255 e. The van der Waals surface area contributed by atoms with Crippen LogP contribution in [0.15, 0.2) is 0 Å². The first kappa shape index (κ1) is 8.06. The van der Waals surface area contributed by atoms with Crippen LogP contribution in [0.4, 0.5) is 0 Å². The lowest BCUT2D eigenvalue weighted by Crippen LogP contribution is -2.28. The van der Waals surface area contributed by atoms with Crippen LogP contribution in [0.5, 0.6) is 0 Å². The molecule has 1 saturated heterocycles. The van der Waals surface area contributed by atoms with E-state index in [0.717, 1.165) is 12.1 Å². The van der Waals surface area contributed by atoms with Gasteiger partial charge in [-0.2, -0.15) is 0 Å². The van der Waals surface area contributed by atoms with E-state index in [1.807, 2.05) is 0 Å². The van der Waals surface area contributed by atoms with E-state index in [9.17, 15) is 0 Å². The van der Waals surface area contributed by atoms with Crippen LogP contribution in [0, 0.1) is 0 Å². The van der Waals surface area contributed by atoms with Crippen LogP contribution in [-0.4, -0.2) is 22.5 Å². The van der Waals surface area contributed by atoms with Crippen molar-refractivity contribution in [3.05, 3.63) is 0 Å². The molecule has 0 radical (unpaired) electrons. The molecule has 0 aliphatic carbocycles. The molecule has 0 saturated carbocycles. The largest absolute Gasteiger partial charge is 0.290 e. The Balaban J connectivity index is 2.48. The zero-order valence-electron chi connectivity index (χ0n) is 7.81. The van der Waals surface area contributed by atoms with Crippen LogP contribution in [0.3, 0.4) is 0 Å². The highest BCUT2D eigenvalue weighted by atomic mass is 15.4. The van der Waals surface area contributed by atoms with Crippen molar-refractivity contribution in [3.63, 3.8) is 0 Å². The van der Waals surface area contributed by atoms with E-state index < -0.39 is 0 Å². The van der Waals surface area contributed by atoms with Crippen LogP contribution in [0.1, 0.15) is 41.0 Å². The van der Waals surface area contributed by atoms with E-state index in [0.29, 0.717) is 5.54 Å². The molecule has 1 aliphatic heterocycles. The summed E-state index contributed by atoms with van der Waals surface area (Å²) in [5, 5.41) is 0. The molecule has 1 fully saturated rings. The molecule has 1 heteroatoms. The summed E-state index contributed by atoms with van der Waals surface area (Å²) in [5.41, 5.74) is 0.389. The van der Waals surface area contributed by atoms with Gasteiger partial charge in [-0.15, -0.1) is 0 Å². The highest BCUT2D eigenvalue weighted by Crippen LogP contribution is 2.37. The van der Waals surface area contributed by atoms with Crippen LogP contribution in [0.2, 0.25) is 0 Å².